The SMILES string of the molecule is CCCNCc1cnc(-n2nc(C)cc2C)nc1C. The van der Waals surface area contributed by atoms with Gasteiger partial charge in [-0.25, -0.2) is 14.6 Å². The average molecular weight is 259 g/mol. The molecule has 0 unspecified atom stereocenters. The van der Waals surface area contributed by atoms with Crippen LogP contribution in [-0.2, 0) is 6.54 Å². The zero-order valence-corrected chi connectivity index (χ0v) is 12.1. The fourth-order valence-corrected chi connectivity index (χ4v) is 1.99. The summed E-state index contributed by atoms with van der Waals surface area (Å²) in [7, 11) is 0. The monoisotopic (exact) mass is 259 g/mol. The van der Waals surface area contributed by atoms with Gasteiger partial charge in [-0.3, -0.25) is 0 Å². The molecule has 0 saturated heterocycles. The summed E-state index contributed by atoms with van der Waals surface area (Å²) in [5, 5.41) is 7.77. The second kappa shape index (κ2) is 5.93. The van der Waals surface area contributed by atoms with Crippen molar-refractivity contribution in [2.75, 3.05) is 6.54 Å². The van der Waals surface area contributed by atoms with E-state index in [2.05, 4.69) is 27.3 Å². The Morgan fingerprint density at radius 3 is 2.63 bits per heavy atom. The maximum absolute atomic E-state index is 4.55. The minimum absolute atomic E-state index is 0.641. The van der Waals surface area contributed by atoms with Gasteiger partial charge in [0.05, 0.1) is 5.69 Å². The van der Waals surface area contributed by atoms with Gasteiger partial charge in [-0.1, -0.05) is 6.92 Å². The molecule has 0 bridgehead atoms. The molecule has 5 heteroatoms. The van der Waals surface area contributed by atoms with Crippen molar-refractivity contribution in [1.82, 2.24) is 25.1 Å². The van der Waals surface area contributed by atoms with E-state index < -0.39 is 0 Å². The van der Waals surface area contributed by atoms with Crippen molar-refractivity contribution in [3.05, 3.63) is 34.9 Å². The third-order valence-corrected chi connectivity index (χ3v) is 3.01. The third kappa shape index (κ3) is 3.17. The molecule has 19 heavy (non-hydrogen) atoms. The molecule has 2 heterocycles. The van der Waals surface area contributed by atoms with Crippen molar-refractivity contribution in [2.45, 2.75) is 40.7 Å². The second-order valence-corrected chi connectivity index (χ2v) is 4.80. The van der Waals surface area contributed by atoms with E-state index in [4.69, 9.17) is 0 Å². The Morgan fingerprint density at radius 2 is 2.05 bits per heavy atom. The first-order valence-corrected chi connectivity index (χ1v) is 6.68. The lowest BCUT2D eigenvalue weighted by Gasteiger charge is -2.08. The van der Waals surface area contributed by atoms with Crippen molar-refractivity contribution >= 4 is 0 Å². The first-order chi connectivity index (χ1) is 9.11. The smallest absolute Gasteiger partial charge is 0.250 e. The van der Waals surface area contributed by atoms with E-state index in [-0.39, 0.29) is 0 Å². The standard InChI is InChI=1S/C14H21N5/c1-5-6-15-8-13-9-16-14(17-12(13)4)19-11(3)7-10(2)18-19/h7,9,15H,5-6,8H2,1-4H3. The molecular weight excluding hydrogens is 238 g/mol. The second-order valence-electron chi connectivity index (χ2n) is 4.80. The highest BCUT2D eigenvalue weighted by molar-refractivity contribution is 5.24. The summed E-state index contributed by atoms with van der Waals surface area (Å²) in [6.45, 7) is 9.98. The van der Waals surface area contributed by atoms with Crippen LogP contribution in [0.15, 0.2) is 12.3 Å². The summed E-state index contributed by atoms with van der Waals surface area (Å²) in [6.07, 6.45) is 3.01. The van der Waals surface area contributed by atoms with Gasteiger partial charge in [0.2, 0.25) is 0 Å². The van der Waals surface area contributed by atoms with Crippen molar-refractivity contribution in [2.24, 2.45) is 0 Å². The molecule has 2 aromatic heterocycles. The van der Waals surface area contributed by atoms with Gasteiger partial charge in [-0.2, -0.15) is 5.10 Å². The van der Waals surface area contributed by atoms with Crippen molar-refractivity contribution in [1.29, 1.82) is 0 Å². The van der Waals surface area contributed by atoms with Crippen molar-refractivity contribution < 1.29 is 0 Å². The van der Waals surface area contributed by atoms with E-state index in [0.29, 0.717) is 5.95 Å². The van der Waals surface area contributed by atoms with Crippen molar-refractivity contribution in [3.8, 4) is 5.95 Å². The molecule has 1 N–H and O–H groups in total. The summed E-state index contributed by atoms with van der Waals surface area (Å²) < 4.78 is 1.78. The highest BCUT2D eigenvalue weighted by atomic mass is 15.4. The van der Waals surface area contributed by atoms with E-state index >= 15 is 0 Å². The molecule has 0 saturated carbocycles. The number of aryl methyl sites for hydroxylation is 3. The number of nitrogens with one attached hydrogen (secondary N) is 1. The van der Waals surface area contributed by atoms with Gasteiger partial charge in [0.25, 0.3) is 5.95 Å². The quantitative estimate of drug-likeness (QED) is 0.835. The van der Waals surface area contributed by atoms with Gasteiger partial charge in [0, 0.05) is 29.7 Å². The van der Waals surface area contributed by atoms with Crippen LogP contribution in [0.4, 0.5) is 0 Å². The van der Waals surface area contributed by atoms with Gasteiger partial charge < -0.3 is 5.32 Å². The average Bonchev–Trinajstić information content (AvgIpc) is 2.71. The van der Waals surface area contributed by atoms with Gasteiger partial charge in [-0.15, -0.1) is 0 Å². The lowest BCUT2D eigenvalue weighted by atomic mass is 10.2. The highest BCUT2D eigenvalue weighted by Crippen LogP contribution is 2.10. The molecule has 0 fully saturated rings. The van der Waals surface area contributed by atoms with Crippen LogP contribution in [0.25, 0.3) is 5.95 Å². The molecule has 0 spiro atoms. The Morgan fingerprint density at radius 1 is 1.26 bits per heavy atom. The predicted octanol–water partition coefficient (Wildman–Crippen LogP) is 2.09. The van der Waals surface area contributed by atoms with Gasteiger partial charge in [0.15, 0.2) is 0 Å². The van der Waals surface area contributed by atoms with Crippen LogP contribution >= 0.6 is 0 Å². The normalized spacial score (nSPS) is 10.9. The molecule has 0 atom stereocenters. The largest absolute Gasteiger partial charge is 0.313 e. The lowest BCUT2D eigenvalue weighted by molar-refractivity contribution is 0.665. The molecule has 0 aliphatic carbocycles. The van der Waals surface area contributed by atoms with Gasteiger partial charge >= 0.3 is 0 Å². The number of rotatable bonds is 5. The Hall–Kier alpha value is -1.75. The zero-order chi connectivity index (χ0) is 13.8. The molecule has 0 aliphatic heterocycles. The summed E-state index contributed by atoms with van der Waals surface area (Å²) in [6, 6.07) is 2.02. The van der Waals surface area contributed by atoms with Crippen LogP contribution in [0.5, 0.6) is 0 Å². The fourth-order valence-electron chi connectivity index (χ4n) is 1.99. The summed E-state index contributed by atoms with van der Waals surface area (Å²) in [5.74, 6) is 0.641. The van der Waals surface area contributed by atoms with Crippen LogP contribution in [0.3, 0.4) is 0 Å². The summed E-state index contributed by atoms with van der Waals surface area (Å²) >= 11 is 0. The van der Waals surface area contributed by atoms with Crippen molar-refractivity contribution in [3.63, 3.8) is 0 Å². The maximum atomic E-state index is 4.55. The zero-order valence-electron chi connectivity index (χ0n) is 12.1. The van der Waals surface area contributed by atoms with Crippen LogP contribution in [-0.4, -0.2) is 26.3 Å². The van der Waals surface area contributed by atoms with E-state index in [0.717, 1.165) is 42.2 Å². The van der Waals surface area contributed by atoms with E-state index in [1.807, 2.05) is 33.0 Å². The molecule has 102 valence electrons. The third-order valence-electron chi connectivity index (χ3n) is 3.01. The number of hydrogen-bond acceptors (Lipinski definition) is 4. The van der Waals surface area contributed by atoms with E-state index in [9.17, 15) is 0 Å². The summed E-state index contributed by atoms with van der Waals surface area (Å²) in [4.78, 5) is 8.96. The molecule has 2 aromatic rings. The molecular formula is C14H21N5. The fraction of sp³-hybridized carbons (Fsp3) is 0.500. The number of nitrogens with zero attached hydrogens (tertiary/aromatic N) is 4. The first-order valence-electron chi connectivity index (χ1n) is 6.68. The predicted molar refractivity (Wildman–Crippen MR) is 75.4 cm³/mol. The lowest BCUT2D eigenvalue weighted by Crippen LogP contribution is -2.16. The minimum atomic E-state index is 0.641. The number of aromatic nitrogens is 4. The number of hydrogen-bond donors (Lipinski definition) is 1. The maximum Gasteiger partial charge on any atom is 0.250 e. The Kier molecular flexibility index (Phi) is 4.27. The molecule has 0 aliphatic rings. The first kappa shape index (κ1) is 13.7. The van der Waals surface area contributed by atoms with Gasteiger partial charge in [0.1, 0.15) is 0 Å². The van der Waals surface area contributed by atoms with E-state index in [1.165, 1.54) is 0 Å². The van der Waals surface area contributed by atoms with Crippen LogP contribution in [0, 0.1) is 20.8 Å². The van der Waals surface area contributed by atoms with Crippen LogP contribution < -0.4 is 5.32 Å². The molecule has 2 rings (SSSR count). The molecule has 0 amide bonds. The Bertz CT molecular complexity index is 559. The van der Waals surface area contributed by atoms with Crippen LogP contribution in [0.2, 0.25) is 0 Å². The molecule has 0 aromatic carbocycles. The highest BCUT2D eigenvalue weighted by Gasteiger charge is 2.08. The van der Waals surface area contributed by atoms with Gasteiger partial charge in [-0.05, 0) is 39.8 Å². The Balaban J connectivity index is 2.21. The Labute approximate surface area is 114 Å². The van der Waals surface area contributed by atoms with E-state index in [1.54, 1.807) is 4.68 Å². The molecule has 5 nitrogen and oxygen atoms in total. The topological polar surface area (TPSA) is 55.6 Å². The minimum Gasteiger partial charge on any atom is -0.313 e. The van der Waals surface area contributed by atoms with Crippen LogP contribution in [0.1, 0.15) is 36.0 Å². The molecule has 0 radical (unpaired) electrons. The summed E-state index contributed by atoms with van der Waals surface area (Å²) in [5.41, 5.74) is 4.17.